The first-order valence-electron chi connectivity index (χ1n) is 11.8. The zero-order chi connectivity index (χ0) is 24.1. The van der Waals surface area contributed by atoms with Gasteiger partial charge in [-0.3, -0.25) is 9.59 Å². The number of carbonyl (C=O) groups excluding carboxylic acids is 2. The van der Waals surface area contributed by atoms with Crippen LogP contribution in [-0.4, -0.2) is 59.6 Å². The van der Waals surface area contributed by atoms with Crippen LogP contribution in [0.1, 0.15) is 55.0 Å². The second kappa shape index (κ2) is 15.0. The summed E-state index contributed by atoms with van der Waals surface area (Å²) in [4.78, 5) is 26.6. The van der Waals surface area contributed by atoms with Gasteiger partial charge in [-0.25, -0.2) is 0 Å². The number of nitrogens with two attached hydrogens (primary N) is 1. The van der Waals surface area contributed by atoms with Gasteiger partial charge in [0.05, 0.1) is 12.5 Å². The molecular weight excluding hydrogens is 422 g/mol. The molecule has 0 aliphatic carbocycles. The van der Waals surface area contributed by atoms with Crippen LogP contribution in [0.5, 0.6) is 0 Å². The molecule has 3 N–H and O–H groups in total. The number of amides is 1. The van der Waals surface area contributed by atoms with E-state index in [9.17, 15) is 9.59 Å². The van der Waals surface area contributed by atoms with Crippen molar-refractivity contribution < 1.29 is 15.8 Å². The number of hydrogen-bond donors (Lipinski definition) is 2. The number of benzene rings is 1. The summed E-state index contributed by atoms with van der Waals surface area (Å²) in [5.74, 6) is 0.518. The Morgan fingerprint density at radius 3 is 2.50 bits per heavy atom. The Morgan fingerprint density at radius 2 is 1.88 bits per heavy atom. The molecule has 7 heteroatoms. The van der Waals surface area contributed by atoms with Crippen LogP contribution in [0.15, 0.2) is 41.6 Å². The molecule has 0 spiro atoms. The van der Waals surface area contributed by atoms with E-state index in [1.807, 2.05) is 76.7 Å². The van der Waals surface area contributed by atoms with Crippen LogP contribution in [0.4, 0.5) is 0 Å². The molecule has 3 atom stereocenters. The lowest BCUT2D eigenvalue weighted by Crippen LogP contribution is -2.43. The summed E-state index contributed by atoms with van der Waals surface area (Å²) in [7, 11) is 0. The highest BCUT2D eigenvalue weighted by molar-refractivity contribution is 8.00. The van der Waals surface area contributed by atoms with Gasteiger partial charge in [0.15, 0.2) is 0 Å². The normalized spacial score (nSPS) is 20.2. The number of rotatable bonds is 7. The maximum absolute atomic E-state index is 12.4. The Bertz CT molecular complexity index is 746. The maximum Gasteiger partial charge on any atom is 0.323 e. The molecule has 0 radical (unpaired) electrons. The van der Waals surface area contributed by atoms with Crippen LogP contribution < -0.4 is 11.1 Å². The summed E-state index contributed by atoms with van der Waals surface area (Å²) in [5.41, 5.74) is 9.03. The zero-order valence-electron chi connectivity index (χ0n) is 20.5. The maximum atomic E-state index is 12.4. The second-order valence-corrected chi connectivity index (χ2v) is 8.63. The zero-order valence-corrected chi connectivity index (χ0v) is 21.3. The lowest BCUT2D eigenvalue weighted by Gasteiger charge is -2.24. The second-order valence-electron chi connectivity index (χ2n) is 7.40. The van der Waals surface area contributed by atoms with E-state index in [-0.39, 0.29) is 19.3 Å². The standard InChI is InChI=1S/C21H29N3O3S.2C2H6.H2/c1-3-17(22)21(26)27-12-16-13-28-19-11-24(14(16)2)10-18(19)23-20(25)9-15-7-5-4-6-8-15;2*1-2;/h4-8,17-19H,3,9-13,22H2,1-2H3,(H,23,25);2*1-2H3;1H. The van der Waals surface area contributed by atoms with E-state index in [0.29, 0.717) is 24.7 Å². The fourth-order valence-corrected chi connectivity index (χ4v) is 4.89. The number of ether oxygens (including phenoxy) is 1. The first kappa shape index (κ1) is 28.0. The van der Waals surface area contributed by atoms with E-state index in [1.54, 1.807) is 0 Å². The van der Waals surface area contributed by atoms with Crippen molar-refractivity contribution in [3.8, 4) is 0 Å². The Hall–Kier alpha value is -1.99. The van der Waals surface area contributed by atoms with E-state index < -0.39 is 6.04 Å². The summed E-state index contributed by atoms with van der Waals surface area (Å²) in [6.07, 6.45) is 0.979. The molecule has 2 aliphatic heterocycles. The van der Waals surface area contributed by atoms with Gasteiger partial charge in [-0.15, -0.1) is 11.8 Å². The molecular formula is C25H43N3O3S. The van der Waals surface area contributed by atoms with Gasteiger partial charge < -0.3 is 20.7 Å². The third-order valence-corrected chi connectivity index (χ3v) is 6.83. The third-order valence-electron chi connectivity index (χ3n) is 5.41. The molecule has 3 unspecified atom stereocenters. The van der Waals surface area contributed by atoms with Crippen LogP contribution in [0.25, 0.3) is 0 Å². The number of carbonyl (C=O) groups is 2. The first-order valence-corrected chi connectivity index (χ1v) is 12.8. The van der Waals surface area contributed by atoms with Crippen LogP contribution >= 0.6 is 11.8 Å². The topological polar surface area (TPSA) is 84.7 Å². The molecule has 32 heavy (non-hydrogen) atoms. The molecule has 1 fully saturated rings. The van der Waals surface area contributed by atoms with Crippen molar-refractivity contribution in [1.29, 1.82) is 0 Å². The molecule has 3 rings (SSSR count). The minimum atomic E-state index is -0.555. The van der Waals surface area contributed by atoms with Crippen molar-refractivity contribution in [3.63, 3.8) is 0 Å². The Balaban J connectivity index is 0.00000194. The number of fused-ring (bicyclic) bond motifs is 2. The quantitative estimate of drug-likeness (QED) is 0.592. The fraction of sp³-hybridized carbons (Fsp3) is 0.600. The summed E-state index contributed by atoms with van der Waals surface area (Å²) >= 11 is 1.82. The molecule has 182 valence electrons. The largest absolute Gasteiger partial charge is 0.460 e. The molecule has 1 amide bonds. The lowest BCUT2D eigenvalue weighted by molar-refractivity contribution is -0.144. The minimum absolute atomic E-state index is 0. The third kappa shape index (κ3) is 8.17. The summed E-state index contributed by atoms with van der Waals surface area (Å²) < 4.78 is 5.39. The van der Waals surface area contributed by atoms with E-state index in [2.05, 4.69) is 17.1 Å². The van der Waals surface area contributed by atoms with Gasteiger partial charge in [0, 0.05) is 31.2 Å². The van der Waals surface area contributed by atoms with Gasteiger partial charge in [-0.2, -0.15) is 0 Å². The highest BCUT2D eigenvalue weighted by atomic mass is 32.2. The van der Waals surface area contributed by atoms with Gasteiger partial charge in [-0.1, -0.05) is 65.0 Å². The highest BCUT2D eigenvalue weighted by Gasteiger charge is 2.37. The Kier molecular flexibility index (Phi) is 13.1. The number of allylic oxidation sites excluding steroid dienone is 1. The molecule has 2 bridgehead atoms. The van der Waals surface area contributed by atoms with Crippen LogP contribution in [0.2, 0.25) is 0 Å². The summed E-state index contributed by atoms with van der Waals surface area (Å²) in [6, 6.07) is 9.38. The average Bonchev–Trinajstić information content (AvgIpc) is 3.15. The molecule has 2 heterocycles. The van der Waals surface area contributed by atoms with E-state index in [4.69, 9.17) is 10.5 Å². The smallest absolute Gasteiger partial charge is 0.323 e. The van der Waals surface area contributed by atoms with Gasteiger partial charge in [0.2, 0.25) is 5.91 Å². The van der Waals surface area contributed by atoms with Crippen molar-refractivity contribution in [2.75, 3.05) is 25.4 Å². The molecule has 1 saturated heterocycles. The minimum Gasteiger partial charge on any atom is -0.460 e. The molecule has 2 aliphatic rings. The average molecular weight is 466 g/mol. The van der Waals surface area contributed by atoms with Gasteiger partial charge in [0.1, 0.15) is 12.6 Å². The van der Waals surface area contributed by atoms with E-state index in [1.165, 1.54) is 0 Å². The predicted molar refractivity (Wildman–Crippen MR) is 137 cm³/mol. The lowest BCUT2D eigenvalue weighted by atomic mass is 10.1. The number of nitrogens with zero attached hydrogens (tertiary/aromatic N) is 1. The number of thioether (sulfide) groups is 1. The SMILES string of the molecule is CC.CC.CCC(N)C(=O)OCC1=C(C)N2CC(NC(=O)Cc3ccccc3)C(C2)SC1.[HH]. The van der Waals surface area contributed by atoms with E-state index >= 15 is 0 Å². The number of esters is 1. The van der Waals surface area contributed by atoms with Gasteiger partial charge in [-0.05, 0) is 24.5 Å². The number of hydrogen-bond acceptors (Lipinski definition) is 6. The van der Waals surface area contributed by atoms with Crippen molar-refractivity contribution in [2.24, 2.45) is 5.73 Å². The predicted octanol–water partition coefficient (Wildman–Crippen LogP) is 4.00. The molecule has 1 aromatic rings. The van der Waals surface area contributed by atoms with Gasteiger partial charge >= 0.3 is 5.97 Å². The summed E-state index contributed by atoms with van der Waals surface area (Å²) in [6.45, 7) is 13.9. The molecule has 0 saturated carbocycles. The van der Waals surface area contributed by atoms with Crippen molar-refractivity contribution >= 4 is 23.6 Å². The number of nitrogens with one attached hydrogen (secondary N) is 1. The van der Waals surface area contributed by atoms with E-state index in [0.717, 1.165) is 35.7 Å². The van der Waals surface area contributed by atoms with Gasteiger partial charge in [0.25, 0.3) is 0 Å². The molecule has 1 aromatic carbocycles. The fourth-order valence-electron chi connectivity index (χ4n) is 3.51. The molecule has 6 nitrogen and oxygen atoms in total. The summed E-state index contributed by atoms with van der Waals surface area (Å²) in [5, 5.41) is 3.54. The first-order chi connectivity index (χ1) is 15.5. The van der Waals surface area contributed by atoms with Crippen molar-refractivity contribution in [2.45, 2.75) is 71.7 Å². The van der Waals surface area contributed by atoms with Crippen LogP contribution in [0.3, 0.4) is 0 Å². The van der Waals surface area contributed by atoms with Crippen LogP contribution in [-0.2, 0) is 20.7 Å². The monoisotopic (exact) mass is 465 g/mol. The Morgan fingerprint density at radius 1 is 1.22 bits per heavy atom. The highest BCUT2D eigenvalue weighted by Crippen LogP contribution is 2.33. The van der Waals surface area contributed by atoms with Crippen molar-refractivity contribution in [3.05, 3.63) is 47.2 Å². The Labute approximate surface area is 199 Å². The molecule has 0 aromatic heterocycles. The van der Waals surface area contributed by atoms with Crippen molar-refractivity contribution in [1.82, 2.24) is 10.2 Å². The van der Waals surface area contributed by atoms with Crippen LogP contribution in [0, 0.1) is 0 Å².